The van der Waals surface area contributed by atoms with Crippen LogP contribution in [-0.4, -0.2) is 32.5 Å². The molecule has 0 atom stereocenters. The molecule has 1 aromatic heterocycles. The van der Waals surface area contributed by atoms with Crippen molar-refractivity contribution in [1.82, 2.24) is 9.89 Å². The van der Waals surface area contributed by atoms with E-state index in [1.807, 2.05) is 6.07 Å². The summed E-state index contributed by atoms with van der Waals surface area (Å²) < 4.78 is 36.7. The SMILES string of the molecule is COc1ccc(-c2cc(-c3ccc(Cl)cc3)n(NS(=O)(=O)c3ccccc3)n2)c(OC)c1. The highest BCUT2D eigenvalue weighted by molar-refractivity contribution is 7.92. The van der Waals surface area contributed by atoms with Crippen LogP contribution in [0, 0.1) is 0 Å². The molecule has 0 fully saturated rings. The summed E-state index contributed by atoms with van der Waals surface area (Å²) in [5.74, 6) is 1.18. The third-order valence-electron chi connectivity index (χ3n) is 4.79. The number of ether oxygens (including phenoxy) is 2. The van der Waals surface area contributed by atoms with E-state index in [-0.39, 0.29) is 4.90 Å². The average molecular weight is 470 g/mol. The highest BCUT2D eigenvalue weighted by atomic mass is 35.5. The van der Waals surface area contributed by atoms with Gasteiger partial charge in [0.15, 0.2) is 0 Å². The van der Waals surface area contributed by atoms with Crippen molar-refractivity contribution in [1.29, 1.82) is 0 Å². The first-order valence-electron chi connectivity index (χ1n) is 9.57. The summed E-state index contributed by atoms with van der Waals surface area (Å²) in [6.07, 6.45) is 0. The second kappa shape index (κ2) is 8.94. The fourth-order valence-corrected chi connectivity index (χ4v) is 4.30. The number of nitrogens with one attached hydrogen (secondary N) is 1. The molecule has 0 bridgehead atoms. The molecule has 0 radical (unpaired) electrons. The highest BCUT2D eigenvalue weighted by Crippen LogP contribution is 2.35. The zero-order chi connectivity index (χ0) is 22.7. The minimum Gasteiger partial charge on any atom is -0.497 e. The van der Waals surface area contributed by atoms with Gasteiger partial charge < -0.3 is 9.47 Å². The van der Waals surface area contributed by atoms with Gasteiger partial charge in [0.05, 0.1) is 30.5 Å². The molecule has 164 valence electrons. The molecule has 0 amide bonds. The van der Waals surface area contributed by atoms with E-state index in [1.54, 1.807) is 74.9 Å². The second-order valence-corrected chi connectivity index (χ2v) is 8.90. The van der Waals surface area contributed by atoms with Gasteiger partial charge in [-0.2, -0.15) is 23.1 Å². The Morgan fingerprint density at radius 3 is 2.28 bits per heavy atom. The van der Waals surface area contributed by atoms with E-state index in [1.165, 1.54) is 16.9 Å². The summed E-state index contributed by atoms with van der Waals surface area (Å²) in [7, 11) is -0.755. The Labute approximate surface area is 191 Å². The molecular formula is C23H20ClN3O4S. The largest absolute Gasteiger partial charge is 0.497 e. The van der Waals surface area contributed by atoms with Crippen molar-refractivity contribution in [3.8, 4) is 34.0 Å². The highest BCUT2D eigenvalue weighted by Gasteiger charge is 2.20. The van der Waals surface area contributed by atoms with Crippen molar-refractivity contribution >= 4 is 21.6 Å². The number of halogens is 1. The van der Waals surface area contributed by atoms with Gasteiger partial charge in [0, 0.05) is 22.2 Å². The van der Waals surface area contributed by atoms with Crippen molar-refractivity contribution in [2.75, 3.05) is 19.1 Å². The minimum atomic E-state index is -3.87. The topological polar surface area (TPSA) is 82.5 Å². The van der Waals surface area contributed by atoms with Crippen molar-refractivity contribution in [2.24, 2.45) is 0 Å². The van der Waals surface area contributed by atoms with Crippen molar-refractivity contribution in [3.63, 3.8) is 0 Å². The predicted molar refractivity (Wildman–Crippen MR) is 124 cm³/mol. The summed E-state index contributed by atoms with van der Waals surface area (Å²) in [6, 6.07) is 22.3. The molecular weight excluding hydrogens is 450 g/mol. The van der Waals surface area contributed by atoms with Gasteiger partial charge in [-0.05, 0) is 42.5 Å². The molecule has 4 rings (SSSR count). The van der Waals surface area contributed by atoms with Crippen LogP contribution in [0.1, 0.15) is 0 Å². The number of rotatable bonds is 7. The van der Waals surface area contributed by atoms with Crippen LogP contribution in [0.4, 0.5) is 0 Å². The van der Waals surface area contributed by atoms with Gasteiger partial charge in [0.1, 0.15) is 11.5 Å². The molecule has 0 aliphatic carbocycles. The maximum absolute atomic E-state index is 13.0. The first-order chi connectivity index (χ1) is 15.4. The van der Waals surface area contributed by atoms with Gasteiger partial charge in [-0.3, -0.25) is 0 Å². The zero-order valence-corrected chi connectivity index (χ0v) is 18.9. The van der Waals surface area contributed by atoms with E-state index in [4.69, 9.17) is 21.1 Å². The molecule has 0 aliphatic heterocycles. The Hall–Kier alpha value is -3.49. The molecule has 32 heavy (non-hydrogen) atoms. The van der Waals surface area contributed by atoms with Gasteiger partial charge >= 0.3 is 0 Å². The molecule has 0 aliphatic rings. The normalized spacial score (nSPS) is 11.2. The quantitative estimate of drug-likeness (QED) is 0.419. The lowest BCUT2D eigenvalue weighted by molar-refractivity contribution is 0.395. The lowest BCUT2D eigenvalue weighted by Crippen LogP contribution is -2.25. The maximum atomic E-state index is 13.0. The lowest BCUT2D eigenvalue weighted by Gasteiger charge is -2.11. The van der Waals surface area contributed by atoms with Crippen molar-refractivity contribution < 1.29 is 17.9 Å². The zero-order valence-electron chi connectivity index (χ0n) is 17.3. The summed E-state index contributed by atoms with van der Waals surface area (Å²) in [5, 5.41) is 5.10. The third kappa shape index (κ3) is 4.42. The Kier molecular flexibility index (Phi) is 6.07. The summed E-state index contributed by atoms with van der Waals surface area (Å²) >= 11 is 6.03. The fraction of sp³-hybridized carbons (Fsp3) is 0.0870. The molecule has 0 spiro atoms. The van der Waals surface area contributed by atoms with E-state index in [0.717, 1.165) is 5.56 Å². The van der Waals surface area contributed by atoms with Crippen LogP contribution < -0.4 is 14.3 Å². The van der Waals surface area contributed by atoms with Gasteiger partial charge in [-0.1, -0.05) is 41.9 Å². The van der Waals surface area contributed by atoms with Crippen LogP contribution in [-0.2, 0) is 10.0 Å². The molecule has 9 heteroatoms. The van der Waals surface area contributed by atoms with Gasteiger partial charge in [0.2, 0.25) is 0 Å². The maximum Gasteiger partial charge on any atom is 0.276 e. The van der Waals surface area contributed by atoms with E-state index < -0.39 is 10.0 Å². The molecule has 1 heterocycles. The molecule has 0 saturated carbocycles. The first kappa shape index (κ1) is 21.7. The van der Waals surface area contributed by atoms with E-state index in [9.17, 15) is 8.42 Å². The van der Waals surface area contributed by atoms with Gasteiger partial charge in [0.25, 0.3) is 10.0 Å². The standard InChI is InChI=1S/C23H20ClN3O4S/c1-30-18-12-13-20(23(14-18)31-2)21-15-22(16-8-10-17(24)11-9-16)27(25-21)26-32(28,29)19-6-4-3-5-7-19/h3-15,26H,1-2H3. The van der Waals surface area contributed by atoms with Crippen LogP contribution >= 0.6 is 11.6 Å². The van der Waals surface area contributed by atoms with Gasteiger partial charge in [-0.15, -0.1) is 0 Å². The van der Waals surface area contributed by atoms with E-state index >= 15 is 0 Å². The lowest BCUT2D eigenvalue weighted by atomic mass is 10.1. The number of methoxy groups -OCH3 is 2. The molecule has 4 aromatic rings. The number of hydrogen-bond acceptors (Lipinski definition) is 5. The Morgan fingerprint density at radius 1 is 0.906 bits per heavy atom. The number of sulfonamides is 1. The van der Waals surface area contributed by atoms with E-state index in [2.05, 4.69) is 9.93 Å². The predicted octanol–water partition coefficient (Wildman–Crippen LogP) is 4.82. The summed E-state index contributed by atoms with van der Waals surface area (Å²) in [6.45, 7) is 0. The average Bonchev–Trinajstić information content (AvgIpc) is 3.22. The minimum absolute atomic E-state index is 0.126. The van der Waals surface area contributed by atoms with Crippen molar-refractivity contribution in [3.05, 3.63) is 83.9 Å². The Morgan fingerprint density at radius 2 is 1.62 bits per heavy atom. The Balaban J connectivity index is 1.84. The fourth-order valence-electron chi connectivity index (χ4n) is 3.18. The summed E-state index contributed by atoms with van der Waals surface area (Å²) in [4.78, 5) is 3.91. The molecule has 7 nitrogen and oxygen atoms in total. The molecule has 3 aromatic carbocycles. The molecule has 0 saturated heterocycles. The van der Waals surface area contributed by atoms with Crippen LogP contribution in [0.25, 0.3) is 22.5 Å². The first-order valence-corrected chi connectivity index (χ1v) is 11.4. The van der Waals surface area contributed by atoms with Crippen LogP contribution in [0.5, 0.6) is 11.5 Å². The number of aromatic nitrogens is 2. The third-order valence-corrected chi connectivity index (χ3v) is 6.35. The van der Waals surface area contributed by atoms with Crippen LogP contribution in [0.15, 0.2) is 83.8 Å². The smallest absolute Gasteiger partial charge is 0.276 e. The monoisotopic (exact) mass is 469 g/mol. The van der Waals surface area contributed by atoms with Crippen molar-refractivity contribution in [2.45, 2.75) is 4.90 Å². The van der Waals surface area contributed by atoms with Gasteiger partial charge in [-0.25, -0.2) is 0 Å². The molecule has 1 N–H and O–H groups in total. The van der Waals surface area contributed by atoms with Crippen LogP contribution in [0.2, 0.25) is 5.02 Å². The van der Waals surface area contributed by atoms with E-state index in [0.29, 0.717) is 33.5 Å². The Bertz CT molecular complexity index is 1340. The number of benzene rings is 3. The number of hydrogen-bond donors (Lipinski definition) is 1. The summed E-state index contributed by atoms with van der Waals surface area (Å²) in [5.41, 5.74) is 2.47. The van der Waals surface area contributed by atoms with Crippen LogP contribution in [0.3, 0.4) is 0 Å². The number of nitrogens with zero attached hydrogens (tertiary/aromatic N) is 2. The molecule has 0 unspecified atom stereocenters. The second-order valence-electron chi connectivity index (χ2n) is 6.81.